The fourth-order valence-electron chi connectivity index (χ4n) is 3.33. The van der Waals surface area contributed by atoms with Crippen LogP contribution in [-0.2, 0) is 0 Å². The number of benzene rings is 3. The number of carbonyl (C=O) groups excluding carboxylic acids is 3. The van der Waals surface area contributed by atoms with Gasteiger partial charge in [0.25, 0.3) is 17.7 Å². The minimum Gasteiger partial charge on any atom is -0.497 e. The summed E-state index contributed by atoms with van der Waals surface area (Å²) in [5, 5.41) is 2.78. The second-order valence-corrected chi connectivity index (χ2v) is 6.56. The summed E-state index contributed by atoms with van der Waals surface area (Å²) in [5.74, 6) is -0.250. The number of imide groups is 1. The third kappa shape index (κ3) is 3.26. The number of ether oxygens (including phenoxy) is 2. The van der Waals surface area contributed by atoms with E-state index < -0.39 is 17.7 Å². The SMILES string of the molecule is COc1ccc(C(=O)Nc2cccc(N3C(=O)c4ccccc4C3=O)c2)c(OC)c1. The fraction of sp³-hybridized carbons (Fsp3) is 0.0870. The number of anilines is 2. The molecule has 0 unspecified atom stereocenters. The van der Waals surface area contributed by atoms with Crippen molar-refractivity contribution in [2.45, 2.75) is 0 Å². The molecule has 30 heavy (non-hydrogen) atoms. The molecule has 0 radical (unpaired) electrons. The third-order valence-electron chi connectivity index (χ3n) is 4.81. The summed E-state index contributed by atoms with van der Waals surface area (Å²) >= 11 is 0. The summed E-state index contributed by atoms with van der Waals surface area (Å²) < 4.78 is 10.4. The molecule has 0 aromatic heterocycles. The maximum Gasteiger partial charge on any atom is 0.266 e. The number of methoxy groups -OCH3 is 2. The zero-order chi connectivity index (χ0) is 21.3. The van der Waals surface area contributed by atoms with Gasteiger partial charge in [0.15, 0.2) is 0 Å². The predicted octanol–water partition coefficient (Wildman–Crippen LogP) is 3.76. The maximum atomic E-state index is 12.8. The van der Waals surface area contributed by atoms with Crippen molar-refractivity contribution in [2.24, 2.45) is 0 Å². The highest BCUT2D eigenvalue weighted by Crippen LogP contribution is 2.30. The molecule has 7 heteroatoms. The molecule has 0 atom stereocenters. The number of nitrogens with one attached hydrogen (secondary N) is 1. The van der Waals surface area contributed by atoms with Crippen LogP contribution in [0.4, 0.5) is 11.4 Å². The quantitative estimate of drug-likeness (QED) is 0.657. The number of fused-ring (bicyclic) bond motifs is 1. The molecule has 0 saturated carbocycles. The van der Waals surface area contributed by atoms with Crippen molar-refractivity contribution >= 4 is 29.1 Å². The molecule has 0 aliphatic carbocycles. The summed E-state index contributed by atoms with van der Waals surface area (Å²) in [6.07, 6.45) is 0. The van der Waals surface area contributed by atoms with Gasteiger partial charge in [-0.1, -0.05) is 18.2 Å². The molecule has 0 saturated heterocycles. The van der Waals surface area contributed by atoms with Crippen molar-refractivity contribution in [2.75, 3.05) is 24.4 Å². The Balaban J connectivity index is 1.60. The average molecular weight is 402 g/mol. The van der Waals surface area contributed by atoms with Gasteiger partial charge in [-0.3, -0.25) is 14.4 Å². The molecule has 1 heterocycles. The predicted molar refractivity (Wildman–Crippen MR) is 112 cm³/mol. The van der Waals surface area contributed by atoms with Crippen LogP contribution >= 0.6 is 0 Å². The van der Waals surface area contributed by atoms with E-state index in [2.05, 4.69) is 5.32 Å². The van der Waals surface area contributed by atoms with Crippen molar-refractivity contribution in [3.8, 4) is 11.5 Å². The van der Waals surface area contributed by atoms with E-state index in [4.69, 9.17) is 9.47 Å². The molecule has 150 valence electrons. The summed E-state index contributed by atoms with van der Waals surface area (Å²) in [4.78, 5) is 39.3. The molecular formula is C23H18N2O5. The Morgan fingerprint density at radius 1 is 0.833 bits per heavy atom. The maximum absolute atomic E-state index is 12.8. The molecular weight excluding hydrogens is 384 g/mol. The Bertz CT molecular complexity index is 1140. The lowest BCUT2D eigenvalue weighted by Crippen LogP contribution is -2.29. The van der Waals surface area contributed by atoms with Crippen LogP contribution in [0.2, 0.25) is 0 Å². The zero-order valence-electron chi connectivity index (χ0n) is 16.3. The Morgan fingerprint density at radius 3 is 2.17 bits per heavy atom. The smallest absolute Gasteiger partial charge is 0.266 e. The van der Waals surface area contributed by atoms with Crippen LogP contribution in [-0.4, -0.2) is 31.9 Å². The molecule has 4 rings (SSSR count). The van der Waals surface area contributed by atoms with Gasteiger partial charge >= 0.3 is 0 Å². The van der Waals surface area contributed by atoms with Gasteiger partial charge in [0, 0.05) is 11.8 Å². The Hall–Kier alpha value is -4.13. The third-order valence-corrected chi connectivity index (χ3v) is 4.81. The lowest BCUT2D eigenvalue weighted by atomic mass is 10.1. The van der Waals surface area contributed by atoms with Gasteiger partial charge in [0.1, 0.15) is 11.5 Å². The molecule has 1 aliphatic rings. The van der Waals surface area contributed by atoms with Gasteiger partial charge in [-0.15, -0.1) is 0 Å². The van der Waals surface area contributed by atoms with Crippen LogP contribution in [0.15, 0.2) is 66.7 Å². The normalized spacial score (nSPS) is 12.5. The lowest BCUT2D eigenvalue weighted by Gasteiger charge is -2.16. The van der Waals surface area contributed by atoms with Gasteiger partial charge in [-0.2, -0.15) is 0 Å². The number of carbonyl (C=O) groups is 3. The summed E-state index contributed by atoms with van der Waals surface area (Å²) in [7, 11) is 2.99. The van der Waals surface area contributed by atoms with Crippen molar-refractivity contribution in [3.63, 3.8) is 0 Å². The van der Waals surface area contributed by atoms with Crippen LogP contribution in [0, 0.1) is 0 Å². The number of amides is 3. The summed E-state index contributed by atoms with van der Waals surface area (Å²) in [6, 6.07) is 18.1. The van der Waals surface area contributed by atoms with E-state index in [1.54, 1.807) is 66.7 Å². The molecule has 3 amide bonds. The highest BCUT2D eigenvalue weighted by molar-refractivity contribution is 6.34. The Kier molecular flexibility index (Phi) is 4.93. The van der Waals surface area contributed by atoms with E-state index in [1.165, 1.54) is 14.2 Å². The van der Waals surface area contributed by atoms with Crippen LogP contribution in [0.1, 0.15) is 31.1 Å². The van der Waals surface area contributed by atoms with Crippen LogP contribution < -0.4 is 19.7 Å². The highest BCUT2D eigenvalue weighted by Gasteiger charge is 2.36. The van der Waals surface area contributed by atoms with Crippen molar-refractivity contribution in [1.82, 2.24) is 0 Å². The standard InChI is InChI=1S/C23H18N2O5/c1-29-16-10-11-19(20(13-16)30-2)21(26)24-14-6-5-7-15(12-14)25-22(27)17-8-3-4-9-18(17)23(25)28/h3-13H,1-2H3,(H,24,26). The Labute approximate surface area is 172 Å². The first kappa shape index (κ1) is 19.2. The first-order valence-corrected chi connectivity index (χ1v) is 9.14. The van der Waals surface area contributed by atoms with Crippen molar-refractivity contribution in [3.05, 3.63) is 83.4 Å². The minimum atomic E-state index is -0.394. The van der Waals surface area contributed by atoms with E-state index >= 15 is 0 Å². The van der Waals surface area contributed by atoms with E-state index in [1.807, 2.05) is 0 Å². The molecule has 0 spiro atoms. The molecule has 0 bridgehead atoms. The van der Waals surface area contributed by atoms with Gasteiger partial charge in [-0.05, 0) is 42.5 Å². The number of rotatable bonds is 5. The second kappa shape index (κ2) is 7.71. The molecule has 7 nitrogen and oxygen atoms in total. The second-order valence-electron chi connectivity index (χ2n) is 6.56. The van der Waals surface area contributed by atoms with Gasteiger partial charge in [0.2, 0.25) is 0 Å². The van der Waals surface area contributed by atoms with E-state index in [9.17, 15) is 14.4 Å². The van der Waals surface area contributed by atoms with Gasteiger partial charge in [-0.25, -0.2) is 4.90 Å². The van der Waals surface area contributed by atoms with E-state index in [0.717, 1.165) is 4.90 Å². The fourth-order valence-corrected chi connectivity index (χ4v) is 3.33. The first-order valence-electron chi connectivity index (χ1n) is 9.14. The minimum absolute atomic E-state index is 0.324. The molecule has 0 fully saturated rings. The largest absolute Gasteiger partial charge is 0.497 e. The number of nitrogens with zero attached hydrogens (tertiary/aromatic N) is 1. The van der Waals surface area contributed by atoms with Crippen LogP contribution in [0.3, 0.4) is 0 Å². The summed E-state index contributed by atoms with van der Waals surface area (Å²) in [6.45, 7) is 0. The van der Waals surface area contributed by atoms with Gasteiger partial charge < -0.3 is 14.8 Å². The molecule has 3 aromatic carbocycles. The van der Waals surface area contributed by atoms with Crippen molar-refractivity contribution in [1.29, 1.82) is 0 Å². The topological polar surface area (TPSA) is 84.9 Å². The number of hydrogen-bond acceptors (Lipinski definition) is 5. The van der Waals surface area contributed by atoms with E-state index in [-0.39, 0.29) is 0 Å². The monoisotopic (exact) mass is 402 g/mol. The summed E-state index contributed by atoms with van der Waals surface area (Å²) in [5.41, 5.74) is 1.86. The lowest BCUT2D eigenvalue weighted by molar-refractivity contribution is 0.0925. The average Bonchev–Trinajstić information content (AvgIpc) is 3.03. The molecule has 1 aliphatic heterocycles. The Morgan fingerprint density at radius 2 is 1.53 bits per heavy atom. The molecule has 1 N–H and O–H groups in total. The van der Waals surface area contributed by atoms with Crippen LogP contribution in [0.5, 0.6) is 11.5 Å². The van der Waals surface area contributed by atoms with Crippen molar-refractivity contribution < 1.29 is 23.9 Å². The van der Waals surface area contributed by atoms with Crippen LogP contribution in [0.25, 0.3) is 0 Å². The zero-order valence-corrected chi connectivity index (χ0v) is 16.3. The highest BCUT2D eigenvalue weighted by atomic mass is 16.5. The van der Waals surface area contributed by atoms with E-state index in [0.29, 0.717) is 39.6 Å². The number of hydrogen-bond donors (Lipinski definition) is 1. The van der Waals surface area contributed by atoms with Gasteiger partial charge in [0.05, 0.1) is 36.6 Å². The molecule has 3 aromatic rings. The first-order chi connectivity index (χ1) is 14.5.